The van der Waals surface area contributed by atoms with Crippen LogP contribution >= 0.6 is 11.3 Å². The number of aromatic nitrogens is 1. The second-order valence-electron chi connectivity index (χ2n) is 7.93. The Kier molecular flexibility index (Phi) is 8.78. The molecule has 0 aliphatic carbocycles. The van der Waals surface area contributed by atoms with E-state index >= 15 is 0 Å². The van der Waals surface area contributed by atoms with Crippen LogP contribution in [0.4, 0.5) is 0 Å². The summed E-state index contributed by atoms with van der Waals surface area (Å²) in [7, 11) is -2.82. The maximum atomic E-state index is 12.6. The number of hydrogen-bond acceptors (Lipinski definition) is 9. The summed E-state index contributed by atoms with van der Waals surface area (Å²) in [6.45, 7) is 2.63. The fourth-order valence-electron chi connectivity index (χ4n) is 3.65. The van der Waals surface area contributed by atoms with Gasteiger partial charge in [0.25, 0.3) is 5.91 Å². The smallest absolute Gasteiger partial charge is 0.338 e. The minimum Gasteiger partial charge on any atom is -0.468 e. The van der Waals surface area contributed by atoms with Gasteiger partial charge in [-0.15, -0.1) is 0 Å². The van der Waals surface area contributed by atoms with Gasteiger partial charge in [-0.1, -0.05) is 11.3 Å². The van der Waals surface area contributed by atoms with Gasteiger partial charge in [0, 0.05) is 13.1 Å². The highest BCUT2D eigenvalue weighted by Crippen LogP contribution is 2.20. The number of nitrogens with zero attached hydrogens (tertiary/aromatic N) is 3. The molecule has 1 aliphatic heterocycles. The van der Waals surface area contributed by atoms with Crippen LogP contribution in [0.15, 0.2) is 23.2 Å². The fourth-order valence-corrected chi connectivity index (χ4v) is 5.83. The molecule has 0 bridgehead atoms. The van der Waals surface area contributed by atoms with E-state index in [0.717, 1.165) is 30.6 Å². The van der Waals surface area contributed by atoms with Crippen LogP contribution in [-0.4, -0.2) is 79.9 Å². The molecule has 0 spiro atoms. The molecule has 2 amide bonds. The van der Waals surface area contributed by atoms with Gasteiger partial charge in [-0.3, -0.25) is 14.4 Å². The topological polar surface area (TPSA) is 141 Å². The standard InChI is InChI=1S/C22H27N3O8S2/c1-3-33-21(29)15-7-8-16-17(11-15)34-22(25(16)12-20(28)32-2)23-18(26)13-35(30,31)14-19(27)24-9-5-4-6-10-24/h7-8,11H,3-6,9-10,12-14H2,1-2H3. The summed E-state index contributed by atoms with van der Waals surface area (Å²) in [5.41, 5.74) is 0.783. The fraction of sp³-hybridized carbons (Fsp3) is 0.500. The molecule has 0 unspecified atom stereocenters. The zero-order valence-electron chi connectivity index (χ0n) is 19.5. The summed E-state index contributed by atoms with van der Waals surface area (Å²) in [6, 6.07) is 4.64. The lowest BCUT2D eigenvalue weighted by Crippen LogP contribution is -2.40. The molecule has 13 heteroatoms. The molecule has 2 aromatic rings. The molecular weight excluding hydrogens is 498 g/mol. The Morgan fingerprint density at radius 1 is 1.09 bits per heavy atom. The highest BCUT2D eigenvalue weighted by molar-refractivity contribution is 7.92. The first-order chi connectivity index (χ1) is 16.6. The van der Waals surface area contributed by atoms with Crippen molar-refractivity contribution in [1.82, 2.24) is 9.47 Å². The number of piperidine rings is 1. The number of carbonyl (C=O) groups excluding carboxylic acids is 4. The van der Waals surface area contributed by atoms with Crippen molar-refractivity contribution in [1.29, 1.82) is 0 Å². The number of amides is 2. The van der Waals surface area contributed by atoms with Crippen molar-refractivity contribution < 1.29 is 37.1 Å². The van der Waals surface area contributed by atoms with Crippen molar-refractivity contribution in [3.63, 3.8) is 0 Å². The lowest BCUT2D eigenvalue weighted by atomic mass is 10.1. The van der Waals surface area contributed by atoms with Crippen molar-refractivity contribution in [2.75, 3.05) is 38.3 Å². The zero-order chi connectivity index (χ0) is 25.6. The number of benzene rings is 1. The SMILES string of the molecule is CCOC(=O)c1ccc2c(c1)sc(=NC(=O)CS(=O)(=O)CC(=O)N1CCCCC1)n2CC(=O)OC. The maximum absolute atomic E-state index is 12.6. The molecule has 0 radical (unpaired) electrons. The molecule has 11 nitrogen and oxygen atoms in total. The molecular formula is C22H27N3O8S2. The summed E-state index contributed by atoms with van der Waals surface area (Å²) in [5.74, 6) is -4.31. The van der Waals surface area contributed by atoms with E-state index in [9.17, 15) is 27.6 Å². The van der Waals surface area contributed by atoms with Crippen molar-refractivity contribution >= 4 is 55.1 Å². The first-order valence-corrected chi connectivity index (χ1v) is 13.7. The Morgan fingerprint density at radius 2 is 1.80 bits per heavy atom. The summed E-state index contributed by atoms with van der Waals surface area (Å²) in [4.78, 5) is 54.4. The van der Waals surface area contributed by atoms with Crippen LogP contribution in [0.2, 0.25) is 0 Å². The second kappa shape index (κ2) is 11.6. The van der Waals surface area contributed by atoms with E-state index in [1.165, 1.54) is 22.6 Å². The minimum atomic E-state index is -4.04. The normalized spacial score (nSPS) is 14.7. The van der Waals surface area contributed by atoms with E-state index in [1.807, 2.05) is 0 Å². The van der Waals surface area contributed by atoms with Crippen molar-refractivity contribution in [2.45, 2.75) is 32.7 Å². The third-order valence-corrected chi connectivity index (χ3v) is 7.74. The van der Waals surface area contributed by atoms with Gasteiger partial charge in [-0.05, 0) is 44.4 Å². The summed E-state index contributed by atoms with van der Waals surface area (Å²) < 4.78 is 36.6. The molecule has 190 valence electrons. The number of fused-ring (bicyclic) bond motifs is 1. The second-order valence-corrected chi connectivity index (χ2v) is 11.0. The van der Waals surface area contributed by atoms with E-state index < -0.39 is 45.1 Å². The molecule has 3 rings (SSSR count). The van der Waals surface area contributed by atoms with Gasteiger partial charge in [0.1, 0.15) is 18.1 Å². The highest BCUT2D eigenvalue weighted by atomic mass is 32.2. The molecule has 1 aliphatic rings. The van der Waals surface area contributed by atoms with Crippen LogP contribution in [0.1, 0.15) is 36.5 Å². The molecule has 0 N–H and O–H groups in total. The van der Waals surface area contributed by atoms with Crippen LogP contribution < -0.4 is 4.80 Å². The molecule has 1 saturated heterocycles. The minimum absolute atomic E-state index is 0.0639. The lowest BCUT2D eigenvalue weighted by Gasteiger charge is -2.26. The van der Waals surface area contributed by atoms with Crippen LogP contribution in [0.3, 0.4) is 0 Å². The van der Waals surface area contributed by atoms with Gasteiger partial charge in [0.05, 0.1) is 29.5 Å². The quantitative estimate of drug-likeness (QED) is 0.463. The predicted molar refractivity (Wildman–Crippen MR) is 127 cm³/mol. The predicted octanol–water partition coefficient (Wildman–Crippen LogP) is 0.907. The number of rotatable bonds is 8. The van der Waals surface area contributed by atoms with E-state index in [0.29, 0.717) is 23.3 Å². The van der Waals surface area contributed by atoms with E-state index in [-0.39, 0.29) is 23.5 Å². The number of methoxy groups -OCH3 is 1. The summed E-state index contributed by atoms with van der Waals surface area (Å²) in [6.07, 6.45) is 2.64. The third-order valence-electron chi connectivity index (χ3n) is 5.32. The van der Waals surface area contributed by atoms with Crippen molar-refractivity contribution in [2.24, 2.45) is 4.99 Å². The van der Waals surface area contributed by atoms with Crippen molar-refractivity contribution in [3.8, 4) is 0 Å². The maximum Gasteiger partial charge on any atom is 0.338 e. The Labute approximate surface area is 206 Å². The molecule has 35 heavy (non-hydrogen) atoms. The van der Waals surface area contributed by atoms with Gasteiger partial charge in [0.15, 0.2) is 14.6 Å². The molecule has 2 heterocycles. The Balaban J connectivity index is 1.88. The Bertz CT molecular complexity index is 1300. The van der Waals surface area contributed by atoms with Gasteiger partial charge >= 0.3 is 11.9 Å². The molecule has 0 atom stereocenters. The average molecular weight is 526 g/mol. The number of sulfone groups is 1. The lowest BCUT2D eigenvalue weighted by molar-refractivity contribution is -0.141. The number of thiazole rings is 1. The Morgan fingerprint density at radius 3 is 2.46 bits per heavy atom. The zero-order valence-corrected chi connectivity index (χ0v) is 21.2. The number of likely N-dealkylation sites (tertiary alicyclic amines) is 1. The van der Waals surface area contributed by atoms with Crippen LogP contribution in [0.5, 0.6) is 0 Å². The van der Waals surface area contributed by atoms with E-state index in [2.05, 4.69) is 4.99 Å². The number of ether oxygens (including phenoxy) is 2. The van der Waals surface area contributed by atoms with Gasteiger partial charge in [-0.25, -0.2) is 13.2 Å². The first kappa shape index (κ1) is 26.5. The monoisotopic (exact) mass is 525 g/mol. The molecule has 1 aromatic carbocycles. The first-order valence-electron chi connectivity index (χ1n) is 11.1. The number of hydrogen-bond donors (Lipinski definition) is 0. The van der Waals surface area contributed by atoms with Crippen LogP contribution in [0.25, 0.3) is 10.2 Å². The van der Waals surface area contributed by atoms with E-state index in [4.69, 9.17) is 9.47 Å². The average Bonchev–Trinajstić information content (AvgIpc) is 3.14. The molecule has 1 fully saturated rings. The van der Waals surface area contributed by atoms with Gasteiger partial charge in [-0.2, -0.15) is 4.99 Å². The highest BCUT2D eigenvalue weighted by Gasteiger charge is 2.25. The largest absolute Gasteiger partial charge is 0.468 e. The number of esters is 2. The Hall–Kier alpha value is -3.06. The van der Waals surface area contributed by atoms with Crippen LogP contribution in [0, 0.1) is 0 Å². The van der Waals surface area contributed by atoms with Gasteiger partial charge < -0.3 is 18.9 Å². The van der Waals surface area contributed by atoms with Crippen LogP contribution in [-0.2, 0) is 40.2 Å². The van der Waals surface area contributed by atoms with Crippen molar-refractivity contribution in [3.05, 3.63) is 28.6 Å². The molecule has 0 saturated carbocycles. The molecule has 1 aromatic heterocycles. The third kappa shape index (κ3) is 6.98. The summed E-state index contributed by atoms with van der Waals surface area (Å²) in [5, 5.41) is 0. The van der Waals surface area contributed by atoms with E-state index in [1.54, 1.807) is 19.1 Å². The number of carbonyl (C=O) groups is 4. The van der Waals surface area contributed by atoms with Gasteiger partial charge in [0.2, 0.25) is 5.91 Å². The summed E-state index contributed by atoms with van der Waals surface area (Å²) >= 11 is 1.01.